The number of ether oxygens (including phenoxy) is 2. The predicted molar refractivity (Wildman–Crippen MR) is 75.9 cm³/mol. The molecule has 1 aromatic carbocycles. The van der Waals surface area contributed by atoms with Crippen molar-refractivity contribution < 1.29 is 19.1 Å². The number of benzene rings is 1. The zero-order valence-corrected chi connectivity index (χ0v) is 12.7. The molecule has 0 saturated carbocycles. The highest BCUT2D eigenvalue weighted by molar-refractivity contribution is 6.31. The SMILES string of the molecule is COC(=O)C(C)(C)NC(=O)Cc1ccc(OC)cc1Cl. The maximum atomic E-state index is 11.9. The number of carbonyl (C=O) groups excluding carboxylic acids is 2. The van der Waals surface area contributed by atoms with Crippen molar-refractivity contribution in [2.24, 2.45) is 0 Å². The largest absolute Gasteiger partial charge is 0.497 e. The lowest BCUT2D eigenvalue weighted by Gasteiger charge is -2.23. The van der Waals surface area contributed by atoms with Gasteiger partial charge in [-0.2, -0.15) is 0 Å². The minimum atomic E-state index is -1.08. The molecular formula is C14H18ClNO4. The molecule has 0 heterocycles. The molecule has 20 heavy (non-hydrogen) atoms. The van der Waals surface area contributed by atoms with Gasteiger partial charge in [0, 0.05) is 5.02 Å². The average molecular weight is 300 g/mol. The van der Waals surface area contributed by atoms with Gasteiger partial charge in [0.25, 0.3) is 0 Å². The summed E-state index contributed by atoms with van der Waals surface area (Å²) in [6.45, 7) is 3.15. The average Bonchev–Trinajstić information content (AvgIpc) is 2.39. The van der Waals surface area contributed by atoms with Crippen molar-refractivity contribution in [3.8, 4) is 5.75 Å². The van der Waals surface area contributed by atoms with Crippen molar-refractivity contribution in [3.63, 3.8) is 0 Å². The number of halogens is 1. The fourth-order valence-electron chi connectivity index (χ4n) is 1.67. The number of carbonyl (C=O) groups is 2. The summed E-state index contributed by atoms with van der Waals surface area (Å²) in [5.41, 5.74) is -0.421. The third-order valence-corrected chi connectivity index (χ3v) is 3.11. The van der Waals surface area contributed by atoms with Gasteiger partial charge in [-0.3, -0.25) is 4.79 Å². The Labute approximate surface area is 123 Å². The Morgan fingerprint density at radius 1 is 1.30 bits per heavy atom. The van der Waals surface area contributed by atoms with E-state index in [0.717, 1.165) is 0 Å². The van der Waals surface area contributed by atoms with Gasteiger partial charge in [0.1, 0.15) is 11.3 Å². The van der Waals surface area contributed by atoms with Crippen molar-refractivity contribution in [1.29, 1.82) is 0 Å². The van der Waals surface area contributed by atoms with Crippen LogP contribution in [0.15, 0.2) is 18.2 Å². The highest BCUT2D eigenvalue weighted by Gasteiger charge is 2.30. The molecule has 0 aliphatic carbocycles. The standard InChI is InChI=1S/C14H18ClNO4/c1-14(2,13(18)20-4)16-12(17)7-9-5-6-10(19-3)8-11(9)15/h5-6,8H,7H2,1-4H3,(H,16,17). The van der Waals surface area contributed by atoms with Gasteiger partial charge in [-0.15, -0.1) is 0 Å². The summed E-state index contributed by atoms with van der Waals surface area (Å²) in [6, 6.07) is 5.07. The van der Waals surface area contributed by atoms with Gasteiger partial charge in [0.15, 0.2) is 0 Å². The zero-order valence-electron chi connectivity index (χ0n) is 12.0. The number of methoxy groups -OCH3 is 2. The van der Waals surface area contributed by atoms with Crippen LogP contribution in [0.5, 0.6) is 5.75 Å². The first-order valence-corrected chi connectivity index (χ1v) is 6.40. The molecule has 0 aliphatic rings. The minimum absolute atomic E-state index is 0.0727. The molecule has 0 fully saturated rings. The molecule has 1 rings (SSSR count). The Hall–Kier alpha value is -1.75. The van der Waals surface area contributed by atoms with E-state index < -0.39 is 11.5 Å². The third-order valence-electron chi connectivity index (χ3n) is 2.76. The van der Waals surface area contributed by atoms with Crippen molar-refractivity contribution in [3.05, 3.63) is 28.8 Å². The minimum Gasteiger partial charge on any atom is -0.497 e. The number of nitrogens with one attached hydrogen (secondary N) is 1. The van der Waals surface area contributed by atoms with Crippen LogP contribution in [0, 0.1) is 0 Å². The predicted octanol–water partition coefficient (Wildman–Crippen LogP) is 1.96. The first kappa shape index (κ1) is 16.3. The Bertz CT molecular complexity index is 514. The van der Waals surface area contributed by atoms with Crippen LogP contribution >= 0.6 is 11.6 Å². The highest BCUT2D eigenvalue weighted by Crippen LogP contribution is 2.22. The molecule has 5 nitrogen and oxygen atoms in total. The van der Waals surface area contributed by atoms with Gasteiger partial charge in [0.05, 0.1) is 20.6 Å². The van der Waals surface area contributed by atoms with Crippen molar-refractivity contribution in [2.45, 2.75) is 25.8 Å². The maximum absolute atomic E-state index is 11.9. The third kappa shape index (κ3) is 4.13. The normalized spacial score (nSPS) is 10.8. The Morgan fingerprint density at radius 3 is 2.45 bits per heavy atom. The quantitative estimate of drug-likeness (QED) is 0.844. The number of hydrogen-bond acceptors (Lipinski definition) is 4. The Morgan fingerprint density at radius 2 is 1.95 bits per heavy atom. The molecule has 0 radical (unpaired) electrons. The molecule has 0 atom stereocenters. The summed E-state index contributed by atoms with van der Waals surface area (Å²) < 4.78 is 9.66. The molecule has 0 unspecified atom stereocenters. The molecule has 0 aromatic heterocycles. The fourth-order valence-corrected chi connectivity index (χ4v) is 1.91. The smallest absolute Gasteiger partial charge is 0.330 e. The van der Waals surface area contributed by atoms with Crippen LogP contribution in [-0.4, -0.2) is 31.6 Å². The zero-order chi connectivity index (χ0) is 15.3. The molecule has 1 N–H and O–H groups in total. The van der Waals surface area contributed by atoms with Crippen LogP contribution in [0.25, 0.3) is 0 Å². The van der Waals surface area contributed by atoms with Crippen LogP contribution in [0.2, 0.25) is 5.02 Å². The van der Waals surface area contributed by atoms with Crippen molar-refractivity contribution in [1.82, 2.24) is 5.32 Å². The summed E-state index contributed by atoms with van der Waals surface area (Å²) in [5, 5.41) is 3.05. The maximum Gasteiger partial charge on any atom is 0.330 e. The van der Waals surface area contributed by atoms with Crippen molar-refractivity contribution >= 4 is 23.5 Å². The van der Waals surface area contributed by atoms with E-state index in [1.807, 2.05) is 0 Å². The highest BCUT2D eigenvalue weighted by atomic mass is 35.5. The first-order valence-electron chi connectivity index (χ1n) is 6.02. The molecule has 0 spiro atoms. The van der Waals surface area contributed by atoms with Crippen molar-refractivity contribution in [2.75, 3.05) is 14.2 Å². The molecule has 1 amide bonds. The van der Waals surface area contributed by atoms with E-state index in [2.05, 4.69) is 10.1 Å². The van der Waals surface area contributed by atoms with Gasteiger partial charge in [-0.1, -0.05) is 17.7 Å². The summed E-state index contributed by atoms with van der Waals surface area (Å²) >= 11 is 6.06. The topological polar surface area (TPSA) is 64.6 Å². The molecule has 1 aromatic rings. The van der Waals surface area contributed by atoms with Crippen LogP contribution in [0.4, 0.5) is 0 Å². The number of hydrogen-bond donors (Lipinski definition) is 1. The van der Waals surface area contributed by atoms with E-state index in [9.17, 15) is 9.59 Å². The van der Waals surface area contributed by atoms with E-state index in [1.165, 1.54) is 14.2 Å². The van der Waals surface area contributed by atoms with Crippen LogP contribution < -0.4 is 10.1 Å². The van der Waals surface area contributed by atoms with E-state index >= 15 is 0 Å². The lowest BCUT2D eigenvalue weighted by molar-refractivity contribution is -0.149. The molecule has 6 heteroatoms. The summed E-state index contributed by atoms with van der Waals surface area (Å²) in [4.78, 5) is 23.4. The molecule has 110 valence electrons. The van der Waals surface area contributed by atoms with Crippen LogP contribution in [-0.2, 0) is 20.7 Å². The van der Waals surface area contributed by atoms with E-state index in [0.29, 0.717) is 16.3 Å². The van der Waals surface area contributed by atoms with Crippen LogP contribution in [0.1, 0.15) is 19.4 Å². The number of amides is 1. The summed E-state index contributed by atoms with van der Waals surface area (Å²) in [7, 11) is 2.81. The van der Waals surface area contributed by atoms with Gasteiger partial charge >= 0.3 is 5.97 Å². The van der Waals surface area contributed by atoms with E-state index in [4.69, 9.17) is 16.3 Å². The summed E-state index contributed by atoms with van der Waals surface area (Å²) in [6.07, 6.45) is 0.0727. The monoisotopic (exact) mass is 299 g/mol. The number of esters is 1. The van der Waals surface area contributed by atoms with Crippen LogP contribution in [0.3, 0.4) is 0 Å². The second-order valence-corrected chi connectivity index (χ2v) is 5.21. The number of rotatable bonds is 5. The van der Waals surface area contributed by atoms with E-state index in [1.54, 1.807) is 32.0 Å². The molecule has 0 aliphatic heterocycles. The van der Waals surface area contributed by atoms with Gasteiger partial charge in [-0.25, -0.2) is 4.79 Å². The fraction of sp³-hybridized carbons (Fsp3) is 0.429. The molecular weight excluding hydrogens is 282 g/mol. The van der Waals surface area contributed by atoms with Gasteiger partial charge < -0.3 is 14.8 Å². The van der Waals surface area contributed by atoms with Gasteiger partial charge in [-0.05, 0) is 31.5 Å². The lowest BCUT2D eigenvalue weighted by atomic mass is 10.0. The van der Waals surface area contributed by atoms with Gasteiger partial charge in [0.2, 0.25) is 5.91 Å². The second kappa shape index (κ2) is 6.61. The molecule has 0 saturated heterocycles. The summed E-state index contributed by atoms with van der Waals surface area (Å²) in [5.74, 6) is -0.201. The lowest BCUT2D eigenvalue weighted by Crippen LogP contribution is -2.50. The second-order valence-electron chi connectivity index (χ2n) is 4.80. The Kier molecular flexibility index (Phi) is 5.39. The Balaban J connectivity index is 2.74. The first-order chi connectivity index (χ1) is 9.30. The molecule has 0 bridgehead atoms. The van der Waals surface area contributed by atoms with E-state index in [-0.39, 0.29) is 12.3 Å².